The molecule has 1 heterocycles. The minimum Gasteiger partial charge on any atom is -0.351 e. The highest BCUT2D eigenvalue weighted by Crippen LogP contribution is 2.34. The average molecular weight is 488 g/mol. The summed E-state index contributed by atoms with van der Waals surface area (Å²) in [5, 5.41) is 3.01. The molecule has 1 aliphatic carbocycles. The first-order chi connectivity index (χ1) is 16.1. The highest BCUT2D eigenvalue weighted by atomic mass is 32.2. The number of nitrogens with one attached hydrogen (secondary N) is 1. The molecule has 2 amide bonds. The Kier molecular flexibility index (Phi) is 6.78. The molecule has 182 valence electrons. The van der Waals surface area contributed by atoms with E-state index in [0.717, 1.165) is 46.9 Å². The van der Waals surface area contributed by atoms with E-state index in [4.69, 9.17) is 0 Å². The molecule has 2 aromatic rings. The van der Waals surface area contributed by atoms with Crippen LogP contribution in [0.3, 0.4) is 0 Å². The Hall–Kier alpha value is -2.78. The first-order valence-electron chi connectivity index (χ1n) is 11.6. The van der Waals surface area contributed by atoms with Crippen molar-refractivity contribution >= 4 is 27.5 Å². The summed E-state index contributed by atoms with van der Waals surface area (Å²) < 4.78 is 42.6. The summed E-state index contributed by atoms with van der Waals surface area (Å²) in [6.45, 7) is 2.57. The number of carbonyl (C=O) groups excluding carboxylic acids is 2. The molecule has 1 N–H and O–H groups in total. The van der Waals surface area contributed by atoms with Crippen LogP contribution in [0.5, 0.6) is 0 Å². The van der Waals surface area contributed by atoms with Crippen LogP contribution in [-0.4, -0.2) is 49.2 Å². The molecule has 1 saturated carbocycles. The standard InChI is InChI=1S/C25H30FN3O4S/c1-18-12-14-20(15-13-18)34(32,33)28-16-23(30)29(22-11-7-6-10-21(22)26)25(2,17-28)24(31)27-19-8-4-3-5-9-19/h6-7,10-15,19H,3-5,8-9,16-17H2,1-2H3,(H,27,31). The monoisotopic (exact) mass is 487 g/mol. The zero-order valence-electron chi connectivity index (χ0n) is 19.5. The van der Waals surface area contributed by atoms with Crippen LogP contribution in [-0.2, 0) is 19.6 Å². The summed E-state index contributed by atoms with van der Waals surface area (Å²) in [4.78, 5) is 28.2. The van der Waals surface area contributed by atoms with E-state index in [1.807, 2.05) is 6.92 Å². The summed E-state index contributed by atoms with van der Waals surface area (Å²) in [5.41, 5.74) is -0.774. The molecule has 4 rings (SSSR count). The van der Waals surface area contributed by atoms with E-state index in [1.54, 1.807) is 18.2 Å². The lowest BCUT2D eigenvalue weighted by Gasteiger charge is -2.47. The number of aryl methyl sites for hydroxylation is 1. The van der Waals surface area contributed by atoms with Gasteiger partial charge in [-0.2, -0.15) is 4.31 Å². The molecule has 1 unspecified atom stereocenters. The van der Waals surface area contributed by atoms with Gasteiger partial charge in [0.05, 0.1) is 17.1 Å². The van der Waals surface area contributed by atoms with Crippen LogP contribution in [0.25, 0.3) is 0 Å². The van der Waals surface area contributed by atoms with Gasteiger partial charge in [0, 0.05) is 12.6 Å². The molecule has 2 fully saturated rings. The van der Waals surface area contributed by atoms with Crippen molar-refractivity contribution < 1.29 is 22.4 Å². The van der Waals surface area contributed by atoms with Gasteiger partial charge in [0.2, 0.25) is 21.8 Å². The molecule has 0 spiro atoms. The number of para-hydroxylation sites is 1. The molecule has 1 aliphatic heterocycles. The number of hydrogen-bond acceptors (Lipinski definition) is 4. The predicted octanol–water partition coefficient (Wildman–Crippen LogP) is 3.38. The molecular weight excluding hydrogens is 457 g/mol. The van der Waals surface area contributed by atoms with Crippen molar-refractivity contribution in [2.75, 3.05) is 18.0 Å². The van der Waals surface area contributed by atoms with Crippen molar-refractivity contribution in [1.82, 2.24) is 9.62 Å². The van der Waals surface area contributed by atoms with Crippen LogP contribution in [0.15, 0.2) is 53.4 Å². The molecule has 34 heavy (non-hydrogen) atoms. The predicted molar refractivity (Wildman–Crippen MR) is 127 cm³/mol. The Bertz CT molecular complexity index is 1180. The second kappa shape index (κ2) is 9.46. The van der Waals surface area contributed by atoms with Crippen LogP contribution in [0.1, 0.15) is 44.6 Å². The Labute approximate surface area is 200 Å². The molecular formula is C25H30FN3O4S. The van der Waals surface area contributed by atoms with Crippen molar-refractivity contribution in [2.45, 2.75) is 62.4 Å². The Morgan fingerprint density at radius 3 is 2.35 bits per heavy atom. The van der Waals surface area contributed by atoms with Gasteiger partial charge in [-0.25, -0.2) is 12.8 Å². The van der Waals surface area contributed by atoms with Crippen molar-refractivity contribution in [3.05, 3.63) is 59.9 Å². The van der Waals surface area contributed by atoms with Crippen LogP contribution >= 0.6 is 0 Å². The maximum Gasteiger partial charge on any atom is 0.247 e. The average Bonchev–Trinajstić information content (AvgIpc) is 2.80. The van der Waals surface area contributed by atoms with Crippen LogP contribution in [0, 0.1) is 12.7 Å². The van der Waals surface area contributed by atoms with Gasteiger partial charge in [-0.1, -0.05) is 49.1 Å². The molecule has 1 saturated heterocycles. The summed E-state index contributed by atoms with van der Waals surface area (Å²) >= 11 is 0. The number of amides is 2. The van der Waals surface area contributed by atoms with Gasteiger partial charge in [-0.15, -0.1) is 0 Å². The van der Waals surface area contributed by atoms with Crippen LogP contribution < -0.4 is 10.2 Å². The largest absolute Gasteiger partial charge is 0.351 e. The normalized spacial score (nSPS) is 22.6. The fourth-order valence-electron chi connectivity index (χ4n) is 4.79. The van der Waals surface area contributed by atoms with E-state index in [2.05, 4.69) is 5.32 Å². The lowest BCUT2D eigenvalue weighted by molar-refractivity contribution is -0.133. The van der Waals surface area contributed by atoms with E-state index in [9.17, 15) is 22.4 Å². The molecule has 0 bridgehead atoms. The Balaban J connectivity index is 1.73. The maximum atomic E-state index is 14.8. The fraction of sp³-hybridized carbons (Fsp3) is 0.440. The number of piperazine rings is 1. The lowest BCUT2D eigenvalue weighted by Crippen LogP contribution is -2.71. The van der Waals surface area contributed by atoms with Crippen LogP contribution in [0.2, 0.25) is 0 Å². The summed E-state index contributed by atoms with van der Waals surface area (Å²) in [5.74, 6) is -1.80. The van der Waals surface area contributed by atoms with Gasteiger partial charge in [0.15, 0.2) is 0 Å². The topological polar surface area (TPSA) is 86.8 Å². The third-order valence-corrected chi connectivity index (χ3v) is 8.53. The number of anilines is 1. The second-order valence-electron chi connectivity index (χ2n) is 9.35. The maximum absolute atomic E-state index is 14.8. The minimum absolute atomic E-state index is 0.0406. The SMILES string of the molecule is Cc1ccc(S(=O)(=O)N2CC(=O)N(c3ccccc3F)C(C)(C(=O)NC3CCCCC3)C2)cc1. The van der Waals surface area contributed by atoms with Gasteiger partial charge < -0.3 is 5.32 Å². The summed E-state index contributed by atoms with van der Waals surface area (Å²) in [6, 6.07) is 12.0. The number of rotatable bonds is 5. The van der Waals surface area contributed by atoms with Gasteiger partial charge in [-0.05, 0) is 51.0 Å². The number of nitrogens with zero attached hydrogens (tertiary/aromatic N) is 2. The first-order valence-corrected chi connectivity index (χ1v) is 13.0. The van der Waals surface area contributed by atoms with Crippen LogP contribution in [0.4, 0.5) is 10.1 Å². The Morgan fingerprint density at radius 2 is 1.71 bits per heavy atom. The molecule has 0 aromatic heterocycles. The number of sulfonamides is 1. The molecule has 2 aromatic carbocycles. The molecule has 9 heteroatoms. The van der Waals surface area contributed by atoms with E-state index < -0.39 is 39.7 Å². The lowest BCUT2D eigenvalue weighted by atomic mass is 9.91. The minimum atomic E-state index is -4.05. The zero-order chi connectivity index (χ0) is 24.5. The number of benzene rings is 2. The van der Waals surface area contributed by atoms with E-state index in [0.29, 0.717) is 0 Å². The first kappa shape index (κ1) is 24.3. The molecule has 7 nitrogen and oxygen atoms in total. The van der Waals surface area contributed by atoms with Gasteiger partial charge >= 0.3 is 0 Å². The van der Waals surface area contributed by atoms with Gasteiger partial charge in [0.1, 0.15) is 11.4 Å². The second-order valence-corrected chi connectivity index (χ2v) is 11.3. The number of halogens is 1. The third-order valence-electron chi connectivity index (χ3n) is 6.72. The Morgan fingerprint density at radius 1 is 1.06 bits per heavy atom. The van der Waals surface area contributed by atoms with Crippen molar-refractivity contribution in [2.24, 2.45) is 0 Å². The van der Waals surface area contributed by atoms with Crippen molar-refractivity contribution in [3.63, 3.8) is 0 Å². The summed E-state index contributed by atoms with van der Waals surface area (Å²) in [7, 11) is -4.05. The molecule has 0 radical (unpaired) electrons. The highest BCUT2D eigenvalue weighted by Gasteiger charge is 2.52. The molecule has 1 atom stereocenters. The summed E-state index contributed by atoms with van der Waals surface area (Å²) in [6.07, 6.45) is 4.73. The van der Waals surface area contributed by atoms with E-state index in [-0.39, 0.29) is 23.2 Å². The zero-order valence-corrected chi connectivity index (χ0v) is 20.3. The highest BCUT2D eigenvalue weighted by molar-refractivity contribution is 7.89. The smallest absolute Gasteiger partial charge is 0.247 e. The quantitative estimate of drug-likeness (QED) is 0.701. The van der Waals surface area contributed by atoms with Gasteiger partial charge in [-0.3, -0.25) is 14.5 Å². The van der Waals surface area contributed by atoms with Crippen molar-refractivity contribution in [1.29, 1.82) is 0 Å². The van der Waals surface area contributed by atoms with Crippen molar-refractivity contribution in [3.8, 4) is 0 Å². The molecule has 2 aliphatic rings. The number of carbonyl (C=O) groups is 2. The number of hydrogen-bond donors (Lipinski definition) is 1. The third kappa shape index (κ3) is 4.59. The van der Waals surface area contributed by atoms with Gasteiger partial charge in [0.25, 0.3) is 0 Å². The van der Waals surface area contributed by atoms with E-state index >= 15 is 0 Å². The van der Waals surface area contributed by atoms with E-state index in [1.165, 1.54) is 37.3 Å². The fourth-order valence-corrected chi connectivity index (χ4v) is 6.27.